The average molecular weight is 298 g/mol. The summed E-state index contributed by atoms with van der Waals surface area (Å²) < 4.78 is 3.67. The lowest BCUT2D eigenvalue weighted by molar-refractivity contribution is -0.121. The van der Waals surface area contributed by atoms with Crippen LogP contribution >= 0.6 is 11.6 Å². The second-order valence-corrected chi connectivity index (χ2v) is 5.16. The molecule has 2 rings (SSSR count). The summed E-state index contributed by atoms with van der Waals surface area (Å²) in [6.07, 6.45) is 1.56. The molecular weight excluding hydrogens is 278 g/mol. The fraction of sp³-hybridized carbons (Fsp3) is 0.615. The third kappa shape index (κ3) is 2.80. The van der Waals surface area contributed by atoms with Crippen molar-refractivity contribution in [1.82, 2.24) is 24.6 Å². The number of fused-ring (bicyclic) bond motifs is 1. The fourth-order valence-electron chi connectivity index (χ4n) is 2.29. The van der Waals surface area contributed by atoms with Crippen LogP contribution in [0.4, 0.5) is 0 Å². The molecule has 1 N–H and O–H groups in total. The average Bonchev–Trinajstić information content (AvgIpc) is 2.88. The molecule has 110 valence electrons. The number of halogens is 1. The maximum atomic E-state index is 12.0. The van der Waals surface area contributed by atoms with Crippen molar-refractivity contribution in [3.8, 4) is 0 Å². The number of rotatable bonds is 6. The van der Waals surface area contributed by atoms with Crippen LogP contribution in [-0.4, -0.2) is 37.7 Å². The SMILES string of the molecule is CCCNC(=O)Cn1c(CCCl)nc2c(C)nn(C)c21. The highest BCUT2D eigenvalue weighted by atomic mass is 35.5. The number of nitrogens with one attached hydrogen (secondary N) is 1. The summed E-state index contributed by atoms with van der Waals surface area (Å²) in [6.45, 7) is 4.88. The van der Waals surface area contributed by atoms with Gasteiger partial charge in [-0.25, -0.2) is 4.98 Å². The molecule has 2 aromatic heterocycles. The zero-order valence-electron chi connectivity index (χ0n) is 12.1. The molecular formula is C13H20ClN5O. The van der Waals surface area contributed by atoms with E-state index in [2.05, 4.69) is 15.4 Å². The zero-order chi connectivity index (χ0) is 14.7. The molecule has 0 unspecified atom stereocenters. The molecule has 6 nitrogen and oxygen atoms in total. The van der Waals surface area contributed by atoms with Crippen molar-refractivity contribution in [2.45, 2.75) is 33.2 Å². The smallest absolute Gasteiger partial charge is 0.240 e. The third-order valence-corrected chi connectivity index (χ3v) is 3.35. The van der Waals surface area contributed by atoms with Crippen LogP contribution in [0.25, 0.3) is 11.2 Å². The van der Waals surface area contributed by atoms with Crippen LogP contribution < -0.4 is 5.32 Å². The number of nitrogens with zero attached hydrogens (tertiary/aromatic N) is 4. The van der Waals surface area contributed by atoms with Crippen molar-refractivity contribution in [2.75, 3.05) is 12.4 Å². The quantitative estimate of drug-likeness (QED) is 0.819. The predicted molar refractivity (Wildman–Crippen MR) is 79.0 cm³/mol. The maximum absolute atomic E-state index is 12.0. The van der Waals surface area contributed by atoms with E-state index >= 15 is 0 Å². The molecule has 2 aromatic rings. The monoisotopic (exact) mass is 297 g/mol. The van der Waals surface area contributed by atoms with E-state index in [1.807, 2.05) is 25.5 Å². The first kappa shape index (κ1) is 14.8. The van der Waals surface area contributed by atoms with Gasteiger partial charge in [0.25, 0.3) is 0 Å². The lowest BCUT2D eigenvalue weighted by Crippen LogP contribution is -2.29. The molecule has 0 radical (unpaired) electrons. The minimum absolute atomic E-state index is 0.0131. The van der Waals surface area contributed by atoms with Crippen molar-refractivity contribution >= 4 is 28.7 Å². The first-order valence-corrected chi connectivity index (χ1v) is 7.33. The summed E-state index contributed by atoms with van der Waals surface area (Å²) in [5.74, 6) is 1.30. The number of aromatic nitrogens is 4. The number of hydrogen-bond acceptors (Lipinski definition) is 3. The molecule has 1 amide bonds. The highest BCUT2D eigenvalue weighted by Crippen LogP contribution is 2.19. The molecule has 0 saturated heterocycles. The van der Waals surface area contributed by atoms with Gasteiger partial charge in [0.1, 0.15) is 17.9 Å². The van der Waals surface area contributed by atoms with Crippen molar-refractivity contribution < 1.29 is 4.79 Å². The Labute approximate surface area is 123 Å². The van der Waals surface area contributed by atoms with E-state index in [-0.39, 0.29) is 12.5 Å². The van der Waals surface area contributed by atoms with Crippen LogP contribution in [0.3, 0.4) is 0 Å². The van der Waals surface area contributed by atoms with Gasteiger partial charge in [-0.3, -0.25) is 9.48 Å². The molecule has 2 heterocycles. The third-order valence-electron chi connectivity index (χ3n) is 3.16. The van der Waals surface area contributed by atoms with Crippen LogP contribution in [0.1, 0.15) is 24.9 Å². The molecule has 0 aliphatic heterocycles. The molecule has 0 atom stereocenters. The number of hydrogen-bond donors (Lipinski definition) is 1. The minimum atomic E-state index is -0.0131. The van der Waals surface area contributed by atoms with Gasteiger partial charge in [0, 0.05) is 25.9 Å². The zero-order valence-corrected chi connectivity index (χ0v) is 12.9. The van der Waals surface area contributed by atoms with Gasteiger partial charge >= 0.3 is 0 Å². The molecule has 0 aliphatic carbocycles. The van der Waals surface area contributed by atoms with Crippen molar-refractivity contribution in [1.29, 1.82) is 0 Å². The Morgan fingerprint density at radius 3 is 2.85 bits per heavy atom. The lowest BCUT2D eigenvalue weighted by Gasteiger charge is -2.09. The van der Waals surface area contributed by atoms with E-state index in [1.54, 1.807) is 4.68 Å². The van der Waals surface area contributed by atoms with Gasteiger partial charge < -0.3 is 9.88 Å². The topological polar surface area (TPSA) is 64.7 Å². The van der Waals surface area contributed by atoms with Gasteiger partial charge in [0.2, 0.25) is 5.91 Å². The minimum Gasteiger partial charge on any atom is -0.355 e. The normalized spacial score (nSPS) is 11.2. The summed E-state index contributed by atoms with van der Waals surface area (Å²) in [4.78, 5) is 16.5. The first-order chi connectivity index (χ1) is 9.58. The lowest BCUT2D eigenvalue weighted by atomic mass is 10.4. The number of amides is 1. The summed E-state index contributed by atoms with van der Waals surface area (Å²) in [5, 5.41) is 7.23. The van der Waals surface area contributed by atoms with Gasteiger partial charge in [0.15, 0.2) is 5.65 Å². The molecule has 0 aromatic carbocycles. The molecule has 0 bridgehead atoms. The fourth-order valence-corrected chi connectivity index (χ4v) is 2.45. The van der Waals surface area contributed by atoms with E-state index in [0.29, 0.717) is 18.8 Å². The Morgan fingerprint density at radius 1 is 1.45 bits per heavy atom. The van der Waals surface area contributed by atoms with Crippen LogP contribution in [0, 0.1) is 6.92 Å². The standard InChI is InChI=1S/C13H20ClN5O/c1-4-7-15-11(20)8-19-10(5-6-14)16-12-9(2)17-18(3)13(12)19/h4-8H2,1-3H3,(H,15,20). The second kappa shape index (κ2) is 6.26. The predicted octanol–water partition coefficient (Wildman–Crippen LogP) is 1.39. The number of imidazole rings is 1. The Bertz CT molecular complexity index is 616. The summed E-state index contributed by atoms with van der Waals surface area (Å²) in [6, 6.07) is 0. The van der Waals surface area contributed by atoms with Crippen molar-refractivity contribution in [3.05, 3.63) is 11.5 Å². The molecule has 7 heteroatoms. The Kier molecular flexibility index (Phi) is 4.65. The molecule has 0 fully saturated rings. The van der Waals surface area contributed by atoms with Gasteiger partial charge in [0.05, 0.1) is 5.69 Å². The number of alkyl halides is 1. The highest BCUT2D eigenvalue weighted by molar-refractivity contribution is 6.17. The first-order valence-electron chi connectivity index (χ1n) is 6.79. The van der Waals surface area contributed by atoms with Crippen LogP contribution in [-0.2, 0) is 24.8 Å². The van der Waals surface area contributed by atoms with Gasteiger partial charge in [-0.1, -0.05) is 6.92 Å². The van der Waals surface area contributed by atoms with Crippen LogP contribution in [0.15, 0.2) is 0 Å². The van der Waals surface area contributed by atoms with Gasteiger partial charge in [-0.05, 0) is 13.3 Å². The van der Waals surface area contributed by atoms with Gasteiger partial charge in [-0.2, -0.15) is 5.10 Å². The molecule has 20 heavy (non-hydrogen) atoms. The molecule has 0 aliphatic rings. The second-order valence-electron chi connectivity index (χ2n) is 4.78. The van der Waals surface area contributed by atoms with Crippen molar-refractivity contribution in [2.24, 2.45) is 7.05 Å². The Hall–Kier alpha value is -1.56. The summed E-state index contributed by atoms with van der Waals surface area (Å²) in [7, 11) is 1.86. The largest absolute Gasteiger partial charge is 0.355 e. The molecule has 0 spiro atoms. The summed E-state index contributed by atoms with van der Waals surface area (Å²) in [5.41, 5.74) is 2.58. The van der Waals surface area contributed by atoms with Crippen molar-refractivity contribution in [3.63, 3.8) is 0 Å². The number of carbonyl (C=O) groups is 1. The van der Waals surface area contributed by atoms with Gasteiger partial charge in [-0.15, -0.1) is 11.6 Å². The Balaban J connectivity index is 2.37. The van der Waals surface area contributed by atoms with E-state index in [1.165, 1.54) is 0 Å². The number of aryl methyl sites for hydroxylation is 3. The maximum Gasteiger partial charge on any atom is 0.240 e. The highest BCUT2D eigenvalue weighted by Gasteiger charge is 2.18. The Morgan fingerprint density at radius 2 is 2.20 bits per heavy atom. The van der Waals surface area contributed by atoms with E-state index < -0.39 is 0 Å². The van der Waals surface area contributed by atoms with E-state index in [0.717, 1.165) is 29.1 Å². The van der Waals surface area contributed by atoms with Crippen LogP contribution in [0.5, 0.6) is 0 Å². The van der Waals surface area contributed by atoms with E-state index in [9.17, 15) is 4.79 Å². The van der Waals surface area contributed by atoms with Crippen LogP contribution in [0.2, 0.25) is 0 Å². The van der Waals surface area contributed by atoms with E-state index in [4.69, 9.17) is 11.6 Å². The number of carbonyl (C=O) groups excluding carboxylic acids is 1. The summed E-state index contributed by atoms with van der Waals surface area (Å²) >= 11 is 5.83. The molecule has 0 saturated carbocycles.